The Morgan fingerprint density at radius 2 is 1.78 bits per heavy atom. The fourth-order valence-corrected chi connectivity index (χ4v) is 8.34. The maximum Gasteiger partial charge on any atom is 0.410 e. The summed E-state index contributed by atoms with van der Waals surface area (Å²) in [6.07, 6.45) is 3.93. The van der Waals surface area contributed by atoms with Gasteiger partial charge in [-0.1, -0.05) is 46.2 Å². The first-order chi connectivity index (χ1) is 23.8. The maximum atomic E-state index is 13.2. The number of carbonyl (C=O) groups is 2. The van der Waals surface area contributed by atoms with E-state index in [-0.39, 0.29) is 42.0 Å². The summed E-state index contributed by atoms with van der Waals surface area (Å²) < 4.78 is 30.9. The summed E-state index contributed by atoms with van der Waals surface area (Å²) in [7, 11) is 4.20. The minimum absolute atomic E-state index is 0.0461. The van der Waals surface area contributed by atoms with Gasteiger partial charge in [-0.3, -0.25) is 0 Å². The molecule has 51 heavy (non-hydrogen) atoms. The van der Waals surface area contributed by atoms with Gasteiger partial charge in [0.2, 0.25) is 5.79 Å². The van der Waals surface area contributed by atoms with E-state index in [2.05, 4.69) is 63.6 Å². The van der Waals surface area contributed by atoms with Crippen molar-refractivity contribution in [1.29, 1.82) is 0 Å². The van der Waals surface area contributed by atoms with Crippen molar-refractivity contribution in [1.82, 2.24) is 9.80 Å². The predicted molar refractivity (Wildman–Crippen MR) is 195 cm³/mol. The lowest BCUT2D eigenvalue weighted by molar-refractivity contribution is -0.256. The Bertz CT molecular complexity index is 1250. The van der Waals surface area contributed by atoms with Crippen molar-refractivity contribution in [2.45, 2.75) is 169 Å². The number of hydrogen-bond acceptors (Lipinski definition) is 10. The van der Waals surface area contributed by atoms with Crippen LogP contribution in [0.1, 0.15) is 121 Å². The van der Waals surface area contributed by atoms with Crippen LogP contribution in [0.15, 0.2) is 16.4 Å². The second-order valence-corrected chi connectivity index (χ2v) is 16.4. The Labute approximate surface area is 306 Å². The fraction of sp³-hybridized carbons (Fsp3) is 0.895. The number of amides is 1. The van der Waals surface area contributed by atoms with Gasteiger partial charge in [-0.15, -0.1) is 0 Å². The second kappa shape index (κ2) is 18.5. The fourth-order valence-electron chi connectivity index (χ4n) is 8.34. The summed E-state index contributed by atoms with van der Waals surface area (Å²) in [4.78, 5) is 32.8. The highest BCUT2D eigenvalue weighted by Gasteiger charge is 2.56. The monoisotopic (exact) mass is 721 g/mol. The highest BCUT2D eigenvalue weighted by Crippen LogP contribution is 2.41. The van der Waals surface area contributed by atoms with Gasteiger partial charge in [0.1, 0.15) is 5.76 Å². The van der Waals surface area contributed by atoms with E-state index >= 15 is 0 Å². The standard InChI is InChI=1S/C38H67N5O8/c1-13-32(44)38(10)33(43(36(46)51-38)19-15-14-18-40-41-39)24(3)17-16-23(2)20-25(4)30(22-31-28(7)34(45)50-37(8,9)49-31)48-35-27(6)29(42(11)12)21-26(5)47-35/h23-27,29-30,32-33,35,44H,13-22H2,1-12H3/t23-,24-,25-,26?,27?,29?,30+,32+,33+,35-,38+/m0/s1. The van der Waals surface area contributed by atoms with Crippen LogP contribution < -0.4 is 0 Å². The molecule has 0 aromatic rings. The first-order valence-corrected chi connectivity index (χ1v) is 19.1. The molecule has 3 aliphatic heterocycles. The second-order valence-electron chi connectivity index (χ2n) is 16.4. The number of azide groups is 1. The molecule has 2 fully saturated rings. The molecular weight excluding hydrogens is 654 g/mol. The summed E-state index contributed by atoms with van der Waals surface area (Å²) in [5, 5.41) is 14.7. The third kappa shape index (κ3) is 11.0. The Hall–Kier alpha value is -2.57. The van der Waals surface area contributed by atoms with Gasteiger partial charge in [0, 0.05) is 50.2 Å². The van der Waals surface area contributed by atoms with E-state index in [9.17, 15) is 14.7 Å². The zero-order valence-corrected chi connectivity index (χ0v) is 33.4. The molecule has 0 aromatic heterocycles. The molecule has 1 N–H and O–H groups in total. The number of aliphatic hydroxyl groups excluding tert-OH is 1. The minimum atomic E-state index is -1.06. The Kier molecular flexibility index (Phi) is 15.5. The van der Waals surface area contributed by atoms with Gasteiger partial charge in [0.05, 0.1) is 29.9 Å². The first-order valence-electron chi connectivity index (χ1n) is 19.1. The van der Waals surface area contributed by atoms with Crippen molar-refractivity contribution in [2.24, 2.45) is 28.8 Å². The molecule has 0 spiro atoms. The van der Waals surface area contributed by atoms with Crippen LogP contribution in [0.2, 0.25) is 0 Å². The van der Waals surface area contributed by atoms with E-state index in [0.717, 1.165) is 25.7 Å². The van der Waals surface area contributed by atoms with Gasteiger partial charge < -0.3 is 38.6 Å². The molecule has 3 heterocycles. The lowest BCUT2D eigenvalue weighted by atomic mass is 9.78. The van der Waals surface area contributed by atoms with Crippen LogP contribution in [0, 0.1) is 23.7 Å². The van der Waals surface area contributed by atoms with Gasteiger partial charge >= 0.3 is 12.1 Å². The molecule has 13 heteroatoms. The zero-order chi connectivity index (χ0) is 38.3. The Balaban J connectivity index is 1.77. The number of hydrogen-bond donors (Lipinski definition) is 1. The van der Waals surface area contributed by atoms with Crippen molar-refractivity contribution < 1.29 is 38.4 Å². The molecule has 2 saturated heterocycles. The Morgan fingerprint density at radius 3 is 2.41 bits per heavy atom. The topological polar surface area (TPSA) is 156 Å². The van der Waals surface area contributed by atoms with Crippen LogP contribution in [0.4, 0.5) is 4.79 Å². The molecule has 1 amide bonds. The number of aliphatic hydroxyl groups is 1. The van der Waals surface area contributed by atoms with E-state index in [1.165, 1.54) is 0 Å². The molecule has 13 nitrogen and oxygen atoms in total. The summed E-state index contributed by atoms with van der Waals surface area (Å²) in [5.74, 6) is -0.241. The number of ether oxygens (including phenoxy) is 5. The van der Waals surface area contributed by atoms with Gasteiger partial charge in [0.15, 0.2) is 11.9 Å². The molecule has 11 atom stereocenters. The number of carbonyl (C=O) groups excluding carboxylic acids is 2. The highest BCUT2D eigenvalue weighted by molar-refractivity contribution is 5.89. The molecule has 0 saturated carbocycles. The van der Waals surface area contributed by atoms with E-state index in [1.807, 2.05) is 13.8 Å². The van der Waals surface area contributed by atoms with Crippen LogP contribution in [-0.4, -0.2) is 102 Å². The highest BCUT2D eigenvalue weighted by atomic mass is 16.7. The smallest absolute Gasteiger partial charge is 0.410 e. The molecule has 0 aliphatic carbocycles. The van der Waals surface area contributed by atoms with Gasteiger partial charge in [-0.05, 0) is 96.7 Å². The normalized spacial score (nSPS) is 30.9. The molecule has 0 radical (unpaired) electrons. The first kappa shape index (κ1) is 42.8. The molecule has 292 valence electrons. The quantitative estimate of drug-likeness (QED) is 0.0467. The molecular formula is C38H67N5O8. The van der Waals surface area contributed by atoms with Crippen molar-refractivity contribution in [3.8, 4) is 0 Å². The van der Waals surface area contributed by atoms with E-state index in [4.69, 9.17) is 29.2 Å². The molecule has 3 unspecified atom stereocenters. The summed E-state index contributed by atoms with van der Waals surface area (Å²) in [5.41, 5.74) is 8.06. The number of esters is 1. The minimum Gasteiger partial charge on any atom is -0.457 e. The summed E-state index contributed by atoms with van der Waals surface area (Å²) in [6.45, 7) is 20.7. The molecule has 3 rings (SSSR count). The Morgan fingerprint density at radius 1 is 1.10 bits per heavy atom. The number of unbranched alkanes of at least 4 members (excludes halogenated alkanes) is 1. The van der Waals surface area contributed by atoms with Crippen LogP contribution in [0.3, 0.4) is 0 Å². The van der Waals surface area contributed by atoms with Crippen molar-refractivity contribution in [3.05, 3.63) is 21.8 Å². The van der Waals surface area contributed by atoms with E-state index in [1.54, 1.807) is 25.7 Å². The zero-order valence-electron chi connectivity index (χ0n) is 33.4. The predicted octanol–water partition coefficient (Wildman–Crippen LogP) is 7.57. The van der Waals surface area contributed by atoms with Gasteiger partial charge in [0.25, 0.3) is 0 Å². The lowest BCUT2D eigenvalue weighted by Crippen LogP contribution is -2.54. The van der Waals surface area contributed by atoms with Crippen LogP contribution in [0.5, 0.6) is 0 Å². The summed E-state index contributed by atoms with van der Waals surface area (Å²) in [6, 6.07) is 0.0167. The molecule has 3 aliphatic rings. The van der Waals surface area contributed by atoms with Crippen LogP contribution in [0.25, 0.3) is 10.4 Å². The molecule has 0 bridgehead atoms. The van der Waals surface area contributed by atoms with Crippen molar-refractivity contribution in [2.75, 3.05) is 27.2 Å². The third-order valence-corrected chi connectivity index (χ3v) is 11.3. The summed E-state index contributed by atoms with van der Waals surface area (Å²) >= 11 is 0. The van der Waals surface area contributed by atoms with Gasteiger partial charge in [-0.2, -0.15) is 0 Å². The van der Waals surface area contributed by atoms with Crippen molar-refractivity contribution in [3.63, 3.8) is 0 Å². The molecule has 0 aromatic carbocycles. The average Bonchev–Trinajstić information content (AvgIpc) is 3.31. The number of cyclic esters (lactones) is 2. The van der Waals surface area contributed by atoms with E-state index in [0.29, 0.717) is 62.1 Å². The lowest BCUT2D eigenvalue weighted by Gasteiger charge is -2.44. The van der Waals surface area contributed by atoms with E-state index < -0.39 is 29.9 Å². The maximum absolute atomic E-state index is 13.2. The van der Waals surface area contributed by atoms with Gasteiger partial charge in [-0.25, -0.2) is 9.59 Å². The van der Waals surface area contributed by atoms with Crippen LogP contribution >= 0.6 is 0 Å². The number of nitrogens with zero attached hydrogens (tertiary/aromatic N) is 5. The third-order valence-electron chi connectivity index (χ3n) is 11.3. The SMILES string of the molecule is CC[C@@H](O)[C@@]1(C)OC(=O)N(CCCCN=[N+]=[N-])[C@@H]1[C@@H](C)CC[C@H](C)C[C@H](C)[C@@H](CC1=C(C)C(=O)OC(C)(C)O1)O[C@@H]1OC(C)CC(N(C)C)C1C. The van der Waals surface area contributed by atoms with Crippen molar-refractivity contribution >= 4 is 12.1 Å². The average molecular weight is 722 g/mol. The number of rotatable bonds is 19. The largest absolute Gasteiger partial charge is 0.457 e. The van der Waals surface area contributed by atoms with Crippen LogP contribution in [-0.2, 0) is 28.5 Å².